The Hall–Kier alpha value is -2.24. The molecule has 27 heavy (non-hydrogen) atoms. The zero-order valence-corrected chi connectivity index (χ0v) is 17.0. The van der Waals surface area contributed by atoms with Crippen LogP contribution in [0, 0.1) is 3.77 Å². The van der Waals surface area contributed by atoms with Crippen molar-refractivity contribution in [2.45, 2.75) is 6.04 Å². The van der Waals surface area contributed by atoms with E-state index in [9.17, 15) is 14.7 Å². The Morgan fingerprint density at radius 3 is 2.56 bits per heavy atom. The van der Waals surface area contributed by atoms with E-state index in [2.05, 4.69) is 10.2 Å². The summed E-state index contributed by atoms with van der Waals surface area (Å²) in [4.78, 5) is 26.7. The third-order valence-electron chi connectivity index (χ3n) is 3.98. The molecule has 1 aromatic carbocycles. The van der Waals surface area contributed by atoms with Gasteiger partial charge in [0, 0.05) is 10.6 Å². The fourth-order valence-corrected chi connectivity index (χ4v) is 3.95. The van der Waals surface area contributed by atoms with E-state index >= 15 is 0 Å². The van der Waals surface area contributed by atoms with Gasteiger partial charge < -0.3 is 9.52 Å². The summed E-state index contributed by atoms with van der Waals surface area (Å²) in [6.45, 7) is 0. The zero-order valence-electron chi connectivity index (χ0n) is 13.3. The lowest BCUT2D eigenvalue weighted by Crippen LogP contribution is -2.29. The molecule has 1 fully saturated rings. The molecule has 1 atom stereocenters. The van der Waals surface area contributed by atoms with Crippen molar-refractivity contribution in [3.63, 3.8) is 0 Å². The fourth-order valence-electron chi connectivity index (χ4n) is 2.81. The van der Waals surface area contributed by atoms with Gasteiger partial charge in [0.2, 0.25) is 5.13 Å². The van der Waals surface area contributed by atoms with Crippen LogP contribution >= 0.6 is 45.5 Å². The number of anilines is 1. The number of aromatic nitrogens is 2. The maximum Gasteiger partial charge on any atom is 0.302 e. The van der Waals surface area contributed by atoms with Gasteiger partial charge in [-0.3, -0.25) is 14.5 Å². The second kappa shape index (κ2) is 7.06. The number of Topliss-reactive ketones (excluding diaryl/α,β-unsaturated/α-hetero) is 1. The van der Waals surface area contributed by atoms with Crippen LogP contribution in [0.4, 0.5) is 5.13 Å². The summed E-state index contributed by atoms with van der Waals surface area (Å²) >= 11 is 8.98. The van der Waals surface area contributed by atoms with Crippen LogP contribution in [0.1, 0.15) is 17.4 Å². The maximum absolute atomic E-state index is 12.8. The number of carbonyl (C=O) groups excluding carboxylic acids is 2. The van der Waals surface area contributed by atoms with E-state index in [1.165, 1.54) is 10.4 Å². The first-order chi connectivity index (χ1) is 13.0. The third-order valence-corrected chi connectivity index (χ3v) is 5.50. The monoisotopic (exact) mass is 513 g/mol. The number of rotatable bonds is 3. The number of ketones is 1. The molecule has 0 saturated carbocycles. The van der Waals surface area contributed by atoms with Crippen molar-refractivity contribution in [1.82, 2.24) is 10.2 Å². The molecule has 0 aliphatic carbocycles. The van der Waals surface area contributed by atoms with E-state index in [0.29, 0.717) is 20.1 Å². The van der Waals surface area contributed by atoms with Gasteiger partial charge in [0.15, 0.2) is 3.77 Å². The summed E-state index contributed by atoms with van der Waals surface area (Å²) < 4.78 is 6.24. The highest BCUT2D eigenvalue weighted by Crippen LogP contribution is 2.43. The van der Waals surface area contributed by atoms with Crippen molar-refractivity contribution in [2.75, 3.05) is 4.90 Å². The number of hydrogen-bond donors (Lipinski definition) is 1. The number of amides is 1. The number of aliphatic hydroxyl groups excluding tert-OH is 1. The molecular formula is C17H9ClIN3O4S. The van der Waals surface area contributed by atoms with E-state index < -0.39 is 17.7 Å². The molecule has 1 aliphatic heterocycles. The molecule has 136 valence electrons. The predicted molar refractivity (Wildman–Crippen MR) is 108 cm³/mol. The maximum atomic E-state index is 12.8. The molecule has 1 unspecified atom stereocenters. The minimum Gasteiger partial charge on any atom is -0.507 e. The summed E-state index contributed by atoms with van der Waals surface area (Å²) in [5, 5.41) is 19.2. The van der Waals surface area contributed by atoms with Crippen LogP contribution in [-0.4, -0.2) is 27.0 Å². The second-order valence-electron chi connectivity index (χ2n) is 5.54. The van der Waals surface area contributed by atoms with E-state index in [1.54, 1.807) is 36.4 Å². The van der Waals surface area contributed by atoms with Gasteiger partial charge in [0.05, 0.1) is 5.57 Å². The Bertz CT molecular complexity index is 1060. The lowest BCUT2D eigenvalue weighted by molar-refractivity contribution is -0.132. The van der Waals surface area contributed by atoms with Crippen molar-refractivity contribution < 1.29 is 19.1 Å². The largest absolute Gasteiger partial charge is 0.507 e. The first-order valence-corrected chi connectivity index (χ1v) is 9.89. The summed E-state index contributed by atoms with van der Waals surface area (Å²) in [7, 11) is 0. The van der Waals surface area contributed by atoms with Crippen molar-refractivity contribution >= 4 is 68.1 Å². The summed E-state index contributed by atoms with van der Waals surface area (Å²) in [6.07, 6.45) is 0. The molecule has 7 nitrogen and oxygen atoms in total. The van der Waals surface area contributed by atoms with Crippen LogP contribution in [0.3, 0.4) is 0 Å². The smallest absolute Gasteiger partial charge is 0.302 e. The number of halogens is 2. The molecule has 1 amide bonds. The van der Waals surface area contributed by atoms with Crippen LogP contribution in [0.2, 0.25) is 5.02 Å². The third kappa shape index (κ3) is 3.15. The number of hydrogen-bond acceptors (Lipinski definition) is 7. The first kappa shape index (κ1) is 18.1. The Morgan fingerprint density at radius 1 is 1.22 bits per heavy atom. The number of aliphatic hydroxyl groups is 1. The second-order valence-corrected chi connectivity index (χ2v) is 7.85. The van der Waals surface area contributed by atoms with Crippen molar-refractivity contribution in [2.24, 2.45) is 0 Å². The molecule has 0 radical (unpaired) electrons. The lowest BCUT2D eigenvalue weighted by Gasteiger charge is -2.20. The minimum atomic E-state index is -0.947. The molecule has 0 bridgehead atoms. The van der Waals surface area contributed by atoms with Gasteiger partial charge in [-0.05, 0) is 59.0 Å². The number of nitrogens with zero attached hydrogens (tertiary/aromatic N) is 3. The van der Waals surface area contributed by atoms with Crippen LogP contribution in [0.15, 0.2) is 51.9 Å². The Labute approximate surface area is 175 Å². The molecule has 0 spiro atoms. The zero-order chi connectivity index (χ0) is 19.1. The van der Waals surface area contributed by atoms with Crippen LogP contribution in [0.25, 0.3) is 5.76 Å². The van der Waals surface area contributed by atoms with Crippen LogP contribution in [-0.2, 0) is 9.59 Å². The SMILES string of the molecule is O=C1C(=O)N(c2nncs2)C(c2ccc(I)o2)/C1=C(\O)c1ccc(Cl)cc1. The van der Waals surface area contributed by atoms with E-state index in [4.69, 9.17) is 16.0 Å². The van der Waals surface area contributed by atoms with Gasteiger partial charge in [0.1, 0.15) is 23.1 Å². The van der Waals surface area contributed by atoms with Gasteiger partial charge in [-0.15, -0.1) is 10.2 Å². The lowest BCUT2D eigenvalue weighted by atomic mass is 9.99. The molecular weight excluding hydrogens is 505 g/mol. The Balaban J connectivity index is 1.93. The number of furan rings is 1. The highest BCUT2D eigenvalue weighted by atomic mass is 127. The van der Waals surface area contributed by atoms with Gasteiger partial charge >= 0.3 is 5.91 Å². The molecule has 10 heteroatoms. The molecule has 3 heterocycles. The fraction of sp³-hybridized carbons (Fsp3) is 0.0588. The van der Waals surface area contributed by atoms with Crippen LogP contribution in [0.5, 0.6) is 0 Å². The quantitative estimate of drug-likeness (QED) is 0.246. The minimum absolute atomic E-state index is 0.0803. The molecule has 1 saturated heterocycles. The van der Waals surface area contributed by atoms with E-state index in [0.717, 1.165) is 11.3 Å². The normalized spacial score (nSPS) is 19.0. The summed E-state index contributed by atoms with van der Waals surface area (Å²) in [6, 6.07) is 8.72. The highest BCUT2D eigenvalue weighted by molar-refractivity contribution is 14.1. The summed E-state index contributed by atoms with van der Waals surface area (Å²) in [5.41, 5.74) is 1.74. The van der Waals surface area contributed by atoms with E-state index in [1.807, 2.05) is 22.6 Å². The van der Waals surface area contributed by atoms with Crippen LogP contribution < -0.4 is 4.90 Å². The van der Waals surface area contributed by atoms with Gasteiger partial charge in [-0.1, -0.05) is 22.9 Å². The van der Waals surface area contributed by atoms with Crippen molar-refractivity contribution in [3.05, 3.63) is 67.6 Å². The van der Waals surface area contributed by atoms with E-state index in [-0.39, 0.29) is 16.5 Å². The highest BCUT2D eigenvalue weighted by Gasteiger charge is 2.49. The Kier molecular flexibility index (Phi) is 4.74. The molecule has 1 aliphatic rings. The van der Waals surface area contributed by atoms with Gasteiger partial charge in [0.25, 0.3) is 5.78 Å². The molecule has 1 N–H and O–H groups in total. The molecule has 3 aromatic rings. The average molecular weight is 514 g/mol. The van der Waals surface area contributed by atoms with Gasteiger partial charge in [-0.25, -0.2) is 0 Å². The standard InChI is InChI=1S/C17H9ClIN3O4S/c18-9-3-1-8(2-4-9)14(23)12-13(10-5-6-11(19)26-10)22(16(25)15(12)24)17-21-20-7-27-17/h1-7,13,23H/b14-12+. The summed E-state index contributed by atoms with van der Waals surface area (Å²) in [5.74, 6) is -1.61. The predicted octanol–water partition coefficient (Wildman–Crippen LogP) is 4.02. The number of carbonyl (C=O) groups is 2. The first-order valence-electron chi connectivity index (χ1n) is 7.55. The molecule has 2 aromatic heterocycles. The van der Waals surface area contributed by atoms with Crippen molar-refractivity contribution in [3.8, 4) is 0 Å². The van der Waals surface area contributed by atoms with Gasteiger partial charge in [-0.2, -0.15) is 0 Å². The topological polar surface area (TPSA) is 96.5 Å². The molecule has 4 rings (SSSR count). The van der Waals surface area contributed by atoms with Crippen molar-refractivity contribution in [1.29, 1.82) is 0 Å². The average Bonchev–Trinajstić information content (AvgIpc) is 3.37. The Morgan fingerprint density at radius 2 is 1.96 bits per heavy atom. The number of benzene rings is 1.